The largest absolute Gasteiger partial charge is 0.378 e. The van der Waals surface area contributed by atoms with E-state index in [0.717, 1.165) is 5.69 Å². The Morgan fingerprint density at radius 3 is 2.48 bits per heavy atom. The summed E-state index contributed by atoms with van der Waals surface area (Å²) in [5, 5.41) is 16.9. The molecule has 0 aliphatic rings. The molecule has 4 rings (SSSR count). The number of nitrogens with zero attached hydrogens (tertiary/aromatic N) is 3. The Kier molecular flexibility index (Phi) is 5.99. The van der Waals surface area contributed by atoms with Crippen molar-refractivity contribution < 1.29 is 4.79 Å². The second-order valence-electron chi connectivity index (χ2n) is 6.59. The van der Waals surface area contributed by atoms with Gasteiger partial charge in [0.05, 0.1) is 50.3 Å². The van der Waals surface area contributed by atoms with Crippen molar-refractivity contribution in [3.63, 3.8) is 0 Å². The Hall–Kier alpha value is -3.66. The molecule has 0 unspecified atom stereocenters. The SMILES string of the molecule is N#Cc1cnc2c(NC(=O)c3c(Cl)cccc3Cl)cccc2c1NCc1ccccn1. The number of para-hydroxylation sites is 1. The molecule has 2 heterocycles. The molecule has 0 radical (unpaired) electrons. The zero-order valence-corrected chi connectivity index (χ0v) is 17.6. The maximum absolute atomic E-state index is 12.8. The molecule has 0 spiro atoms. The van der Waals surface area contributed by atoms with E-state index in [4.69, 9.17) is 23.2 Å². The number of carbonyl (C=O) groups excluding carboxylic acids is 1. The Morgan fingerprint density at radius 1 is 1.00 bits per heavy atom. The van der Waals surface area contributed by atoms with Gasteiger partial charge in [-0.15, -0.1) is 0 Å². The van der Waals surface area contributed by atoms with Gasteiger partial charge in [0, 0.05) is 17.8 Å². The van der Waals surface area contributed by atoms with Crippen LogP contribution in [0.25, 0.3) is 10.9 Å². The molecule has 1 amide bonds. The van der Waals surface area contributed by atoms with Crippen LogP contribution in [0.15, 0.2) is 67.0 Å². The normalized spacial score (nSPS) is 10.5. The van der Waals surface area contributed by atoms with Crippen molar-refractivity contribution in [1.82, 2.24) is 9.97 Å². The lowest BCUT2D eigenvalue weighted by atomic mass is 10.1. The monoisotopic (exact) mass is 447 g/mol. The lowest BCUT2D eigenvalue weighted by Gasteiger charge is -2.14. The minimum absolute atomic E-state index is 0.185. The molecular formula is C23H15Cl2N5O. The summed E-state index contributed by atoms with van der Waals surface area (Å²) in [4.78, 5) is 21.5. The first-order valence-corrected chi connectivity index (χ1v) is 10.0. The third-order valence-electron chi connectivity index (χ3n) is 4.63. The van der Waals surface area contributed by atoms with Gasteiger partial charge in [-0.2, -0.15) is 5.26 Å². The number of aromatic nitrogens is 2. The fraction of sp³-hybridized carbons (Fsp3) is 0.0435. The number of hydrogen-bond acceptors (Lipinski definition) is 5. The minimum Gasteiger partial charge on any atom is -0.378 e. The number of carbonyl (C=O) groups is 1. The maximum Gasteiger partial charge on any atom is 0.258 e. The van der Waals surface area contributed by atoms with Crippen molar-refractivity contribution in [2.75, 3.05) is 10.6 Å². The van der Waals surface area contributed by atoms with Gasteiger partial charge in [0.2, 0.25) is 0 Å². The lowest BCUT2D eigenvalue weighted by molar-refractivity contribution is 0.102. The van der Waals surface area contributed by atoms with E-state index in [-0.39, 0.29) is 15.6 Å². The summed E-state index contributed by atoms with van der Waals surface area (Å²) in [6, 6.07) is 18.0. The molecule has 8 heteroatoms. The highest BCUT2D eigenvalue weighted by atomic mass is 35.5. The van der Waals surface area contributed by atoms with E-state index in [1.54, 1.807) is 36.5 Å². The van der Waals surface area contributed by atoms with Gasteiger partial charge < -0.3 is 10.6 Å². The molecule has 152 valence electrons. The maximum atomic E-state index is 12.8. The van der Waals surface area contributed by atoms with Gasteiger partial charge >= 0.3 is 0 Å². The smallest absolute Gasteiger partial charge is 0.258 e. The van der Waals surface area contributed by atoms with Gasteiger partial charge in [0.25, 0.3) is 5.91 Å². The van der Waals surface area contributed by atoms with Gasteiger partial charge in [-0.25, -0.2) is 0 Å². The summed E-state index contributed by atoms with van der Waals surface area (Å²) in [5.74, 6) is -0.447. The fourth-order valence-electron chi connectivity index (χ4n) is 3.18. The summed E-state index contributed by atoms with van der Waals surface area (Å²) in [7, 11) is 0. The van der Waals surface area contributed by atoms with Gasteiger partial charge in [0.1, 0.15) is 6.07 Å². The highest BCUT2D eigenvalue weighted by Gasteiger charge is 2.17. The van der Waals surface area contributed by atoms with Crippen LogP contribution in [0.1, 0.15) is 21.6 Å². The highest BCUT2D eigenvalue weighted by Crippen LogP contribution is 2.32. The average Bonchev–Trinajstić information content (AvgIpc) is 2.78. The van der Waals surface area contributed by atoms with Crippen LogP contribution >= 0.6 is 23.2 Å². The second kappa shape index (κ2) is 9.00. The van der Waals surface area contributed by atoms with Gasteiger partial charge in [0.15, 0.2) is 0 Å². The zero-order chi connectivity index (χ0) is 21.8. The van der Waals surface area contributed by atoms with Crippen LogP contribution in [0.2, 0.25) is 10.0 Å². The van der Waals surface area contributed by atoms with Crippen molar-refractivity contribution in [3.8, 4) is 6.07 Å². The molecule has 2 aromatic heterocycles. The molecule has 2 N–H and O–H groups in total. The average molecular weight is 448 g/mol. The van der Waals surface area contributed by atoms with Crippen LogP contribution < -0.4 is 10.6 Å². The number of halogens is 2. The number of rotatable bonds is 5. The van der Waals surface area contributed by atoms with E-state index in [1.807, 2.05) is 24.3 Å². The van der Waals surface area contributed by atoms with Crippen LogP contribution in [0.3, 0.4) is 0 Å². The first kappa shape index (κ1) is 20.6. The fourth-order valence-corrected chi connectivity index (χ4v) is 3.75. The molecule has 0 fully saturated rings. The van der Waals surface area contributed by atoms with Crippen molar-refractivity contribution in [1.29, 1.82) is 5.26 Å². The van der Waals surface area contributed by atoms with E-state index in [9.17, 15) is 10.1 Å². The van der Waals surface area contributed by atoms with Crippen LogP contribution in [0, 0.1) is 11.3 Å². The van der Waals surface area contributed by atoms with Crippen LogP contribution in [-0.4, -0.2) is 15.9 Å². The number of amides is 1. The third-order valence-corrected chi connectivity index (χ3v) is 5.26. The zero-order valence-electron chi connectivity index (χ0n) is 16.1. The van der Waals surface area contributed by atoms with Crippen molar-refractivity contribution in [2.45, 2.75) is 6.54 Å². The predicted octanol–water partition coefficient (Wildman–Crippen LogP) is 5.67. The van der Waals surface area contributed by atoms with E-state index >= 15 is 0 Å². The lowest BCUT2D eigenvalue weighted by Crippen LogP contribution is -2.14. The van der Waals surface area contributed by atoms with Crippen molar-refractivity contribution in [2.24, 2.45) is 0 Å². The molecule has 6 nitrogen and oxygen atoms in total. The number of fused-ring (bicyclic) bond motifs is 1. The van der Waals surface area contributed by atoms with Gasteiger partial charge in [-0.1, -0.05) is 47.5 Å². The quantitative estimate of drug-likeness (QED) is 0.410. The molecule has 0 aliphatic heterocycles. The van der Waals surface area contributed by atoms with Crippen LogP contribution in [0.5, 0.6) is 0 Å². The summed E-state index contributed by atoms with van der Waals surface area (Å²) in [6.45, 7) is 0.431. The van der Waals surface area contributed by atoms with E-state index in [1.165, 1.54) is 6.20 Å². The van der Waals surface area contributed by atoms with Crippen molar-refractivity contribution >= 4 is 51.4 Å². The Balaban J connectivity index is 1.71. The summed E-state index contributed by atoms with van der Waals surface area (Å²) in [6.07, 6.45) is 3.18. The number of benzene rings is 2. The van der Waals surface area contributed by atoms with E-state index in [0.29, 0.717) is 34.4 Å². The molecule has 0 atom stereocenters. The summed E-state index contributed by atoms with van der Waals surface area (Å²) in [5.41, 5.74) is 3.02. The van der Waals surface area contributed by atoms with E-state index in [2.05, 4.69) is 26.7 Å². The Bertz CT molecular complexity index is 1300. The van der Waals surface area contributed by atoms with Crippen LogP contribution in [-0.2, 0) is 6.54 Å². The summed E-state index contributed by atoms with van der Waals surface area (Å²) < 4.78 is 0. The topological polar surface area (TPSA) is 90.7 Å². The Labute approximate surface area is 188 Å². The van der Waals surface area contributed by atoms with Gasteiger partial charge in [-0.05, 0) is 30.3 Å². The standard InChI is InChI=1S/C23H15Cl2N5O/c24-17-7-4-8-18(25)20(17)23(31)30-19-9-3-6-16-21(14(11-26)12-28-22(16)19)29-13-15-5-1-2-10-27-15/h1-10,12H,13H2,(H,28,29)(H,30,31). The molecule has 0 aliphatic carbocycles. The number of nitrogens with one attached hydrogen (secondary N) is 2. The van der Waals surface area contributed by atoms with Crippen LogP contribution in [0.4, 0.5) is 11.4 Å². The molecular weight excluding hydrogens is 433 g/mol. The number of pyridine rings is 2. The molecule has 0 saturated heterocycles. The Morgan fingerprint density at radius 2 is 1.77 bits per heavy atom. The first-order valence-electron chi connectivity index (χ1n) is 9.29. The first-order chi connectivity index (χ1) is 15.1. The minimum atomic E-state index is -0.447. The molecule has 0 bridgehead atoms. The number of hydrogen-bond donors (Lipinski definition) is 2. The van der Waals surface area contributed by atoms with E-state index < -0.39 is 5.91 Å². The predicted molar refractivity (Wildman–Crippen MR) is 122 cm³/mol. The second-order valence-corrected chi connectivity index (χ2v) is 7.40. The molecule has 31 heavy (non-hydrogen) atoms. The summed E-state index contributed by atoms with van der Waals surface area (Å²) >= 11 is 12.3. The van der Waals surface area contributed by atoms with Crippen molar-refractivity contribution in [3.05, 3.63) is 93.9 Å². The molecule has 4 aromatic rings. The number of nitriles is 1. The number of anilines is 2. The highest BCUT2D eigenvalue weighted by molar-refractivity contribution is 6.40. The molecule has 2 aromatic carbocycles. The third kappa shape index (κ3) is 4.29. The van der Waals surface area contributed by atoms with Gasteiger partial charge in [-0.3, -0.25) is 14.8 Å². The molecule has 0 saturated carbocycles.